The van der Waals surface area contributed by atoms with E-state index in [0.717, 1.165) is 44.5 Å². The largest absolute Gasteiger partial charge is 0.394 e. The molecule has 0 saturated carbocycles. The van der Waals surface area contributed by atoms with Crippen molar-refractivity contribution in [2.75, 3.05) is 13.2 Å². The predicted molar refractivity (Wildman–Crippen MR) is 84.1 cm³/mol. The summed E-state index contributed by atoms with van der Waals surface area (Å²) in [6.45, 7) is 12.7. The topological polar surface area (TPSA) is 50.1 Å². The average molecular weight is 281 g/mol. The lowest BCUT2D eigenvalue weighted by atomic mass is 9.96. The predicted octanol–water partition coefficient (Wildman–Crippen LogP) is 2.59. The smallest absolute Gasteiger partial charge is 0.0628 e. The molecule has 1 rings (SSSR count). The Morgan fingerprint density at radius 3 is 2.45 bits per heavy atom. The van der Waals surface area contributed by atoms with E-state index in [1.807, 2.05) is 0 Å². The SMILES string of the molecule is CCNC(C)(CO)CCCCn1nc(C)c(CC)c1C. The Kier molecular flexibility index (Phi) is 6.69. The number of unbranched alkanes of at least 4 members (excludes halogenated alkanes) is 1. The molecule has 0 aliphatic heterocycles. The molecule has 0 radical (unpaired) electrons. The highest BCUT2D eigenvalue weighted by molar-refractivity contribution is 5.24. The number of rotatable bonds is 9. The van der Waals surface area contributed by atoms with Crippen LogP contribution in [0.4, 0.5) is 0 Å². The first-order valence-electron chi connectivity index (χ1n) is 7.86. The quantitative estimate of drug-likeness (QED) is 0.684. The molecule has 2 N–H and O–H groups in total. The third kappa shape index (κ3) is 4.32. The first-order chi connectivity index (χ1) is 9.47. The minimum Gasteiger partial charge on any atom is -0.394 e. The van der Waals surface area contributed by atoms with Crippen molar-refractivity contribution in [2.24, 2.45) is 0 Å². The first-order valence-corrected chi connectivity index (χ1v) is 7.86. The minimum atomic E-state index is -0.140. The van der Waals surface area contributed by atoms with Crippen LogP contribution < -0.4 is 5.32 Å². The van der Waals surface area contributed by atoms with Crippen LogP contribution in [0.3, 0.4) is 0 Å². The Morgan fingerprint density at radius 1 is 1.25 bits per heavy atom. The molecule has 0 fully saturated rings. The molecular weight excluding hydrogens is 250 g/mol. The average Bonchev–Trinajstić information content (AvgIpc) is 2.69. The van der Waals surface area contributed by atoms with E-state index < -0.39 is 0 Å². The summed E-state index contributed by atoms with van der Waals surface area (Å²) in [5, 5.41) is 17.5. The van der Waals surface area contributed by atoms with Gasteiger partial charge >= 0.3 is 0 Å². The van der Waals surface area contributed by atoms with Gasteiger partial charge in [0.1, 0.15) is 0 Å². The molecule has 0 saturated heterocycles. The summed E-state index contributed by atoms with van der Waals surface area (Å²) in [4.78, 5) is 0. The van der Waals surface area contributed by atoms with Crippen LogP contribution >= 0.6 is 0 Å². The Bertz CT molecular complexity index is 414. The van der Waals surface area contributed by atoms with Crippen molar-refractivity contribution in [3.8, 4) is 0 Å². The summed E-state index contributed by atoms with van der Waals surface area (Å²) in [6, 6.07) is 0. The maximum absolute atomic E-state index is 9.47. The summed E-state index contributed by atoms with van der Waals surface area (Å²) in [7, 11) is 0. The van der Waals surface area contributed by atoms with Gasteiger partial charge in [-0.1, -0.05) is 13.8 Å². The highest BCUT2D eigenvalue weighted by Crippen LogP contribution is 2.16. The number of hydrogen-bond donors (Lipinski definition) is 2. The Labute approximate surface area is 123 Å². The van der Waals surface area contributed by atoms with Crippen LogP contribution in [0.1, 0.15) is 57.0 Å². The highest BCUT2D eigenvalue weighted by Gasteiger charge is 2.20. The molecule has 0 aliphatic rings. The lowest BCUT2D eigenvalue weighted by Crippen LogP contribution is -2.45. The van der Waals surface area contributed by atoms with Crippen LogP contribution in [0.15, 0.2) is 0 Å². The summed E-state index contributed by atoms with van der Waals surface area (Å²) < 4.78 is 2.14. The molecule has 0 spiro atoms. The molecule has 0 amide bonds. The van der Waals surface area contributed by atoms with Crippen LogP contribution in [0.5, 0.6) is 0 Å². The van der Waals surface area contributed by atoms with Crippen LogP contribution in [0.2, 0.25) is 0 Å². The maximum Gasteiger partial charge on any atom is 0.0628 e. The number of nitrogens with one attached hydrogen (secondary N) is 1. The normalized spacial score (nSPS) is 14.5. The van der Waals surface area contributed by atoms with Crippen molar-refractivity contribution in [2.45, 2.75) is 72.4 Å². The zero-order valence-corrected chi connectivity index (χ0v) is 13.8. The van der Waals surface area contributed by atoms with E-state index in [4.69, 9.17) is 0 Å². The summed E-state index contributed by atoms with van der Waals surface area (Å²) >= 11 is 0. The zero-order valence-electron chi connectivity index (χ0n) is 13.8. The number of aromatic nitrogens is 2. The molecule has 1 atom stereocenters. The van der Waals surface area contributed by atoms with Crippen molar-refractivity contribution >= 4 is 0 Å². The molecule has 116 valence electrons. The van der Waals surface area contributed by atoms with Crippen molar-refractivity contribution in [3.05, 3.63) is 17.0 Å². The van der Waals surface area contributed by atoms with E-state index in [9.17, 15) is 5.11 Å². The van der Waals surface area contributed by atoms with Gasteiger partial charge in [0.15, 0.2) is 0 Å². The van der Waals surface area contributed by atoms with Crippen LogP contribution in [0, 0.1) is 13.8 Å². The molecule has 4 nitrogen and oxygen atoms in total. The van der Waals surface area contributed by atoms with Gasteiger partial charge in [0.2, 0.25) is 0 Å². The van der Waals surface area contributed by atoms with Gasteiger partial charge in [-0.05, 0) is 58.6 Å². The Hall–Kier alpha value is -0.870. The fourth-order valence-corrected chi connectivity index (χ4v) is 2.89. The van der Waals surface area contributed by atoms with E-state index in [0.29, 0.717) is 0 Å². The summed E-state index contributed by atoms with van der Waals surface area (Å²) in [5.74, 6) is 0. The summed E-state index contributed by atoms with van der Waals surface area (Å²) in [6.07, 6.45) is 4.26. The van der Waals surface area contributed by atoms with Crippen molar-refractivity contribution in [3.63, 3.8) is 0 Å². The van der Waals surface area contributed by atoms with Gasteiger partial charge in [-0.25, -0.2) is 0 Å². The molecule has 0 bridgehead atoms. The monoisotopic (exact) mass is 281 g/mol. The van der Waals surface area contributed by atoms with Gasteiger partial charge < -0.3 is 10.4 Å². The fourth-order valence-electron chi connectivity index (χ4n) is 2.89. The molecule has 1 aromatic heterocycles. The van der Waals surface area contributed by atoms with Crippen molar-refractivity contribution < 1.29 is 5.11 Å². The van der Waals surface area contributed by atoms with Crippen LogP contribution in [-0.4, -0.2) is 33.6 Å². The van der Waals surface area contributed by atoms with E-state index in [-0.39, 0.29) is 12.1 Å². The van der Waals surface area contributed by atoms with Crippen molar-refractivity contribution in [1.29, 1.82) is 0 Å². The van der Waals surface area contributed by atoms with Crippen LogP contribution in [0.25, 0.3) is 0 Å². The summed E-state index contributed by atoms with van der Waals surface area (Å²) in [5.41, 5.74) is 3.72. The second-order valence-corrected chi connectivity index (χ2v) is 5.93. The van der Waals surface area contributed by atoms with E-state index in [1.165, 1.54) is 11.3 Å². The van der Waals surface area contributed by atoms with E-state index in [2.05, 4.69) is 49.7 Å². The molecule has 4 heteroatoms. The van der Waals surface area contributed by atoms with Gasteiger partial charge in [0.05, 0.1) is 12.3 Å². The molecule has 1 heterocycles. The molecule has 20 heavy (non-hydrogen) atoms. The van der Waals surface area contributed by atoms with E-state index >= 15 is 0 Å². The van der Waals surface area contributed by atoms with Gasteiger partial charge in [0, 0.05) is 17.8 Å². The highest BCUT2D eigenvalue weighted by atomic mass is 16.3. The molecule has 1 unspecified atom stereocenters. The standard InChI is InChI=1S/C16H31N3O/c1-6-15-13(3)18-19(14(15)4)11-9-8-10-16(5,12-20)17-7-2/h17,20H,6-12H2,1-5H3. The first kappa shape index (κ1) is 17.2. The number of aliphatic hydroxyl groups excluding tert-OH is 1. The molecule has 0 aliphatic carbocycles. The van der Waals surface area contributed by atoms with Gasteiger partial charge in [-0.15, -0.1) is 0 Å². The lowest BCUT2D eigenvalue weighted by molar-refractivity contribution is 0.164. The number of hydrogen-bond acceptors (Lipinski definition) is 3. The third-order valence-electron chi connectivity index (χ3n) is 4.19. The van der Waals surface area contributed by atoms with Gasteiger partial charge in [-0.3, -0.25) is 4.68 Å². The molecular formula is C16H31N3O. The van der Waals surface area contributed by atoms with Gasteiger partial charge in [-0.2, -0.15) is 5.10 Å². The minimum absolute atomic E-state index is 0.140. The molecule has 1 aromatic rings. The Morgan fingerprint density at radius 2 is 1.95 bits per heavy atom. The number of likely N-dealkylation sites (N-methyl/N-ethyl adjacent to an activating group) is 1. The number of aryl methyl sites for hydroxylation is 2. The third-order valence-corrected chi connectivity index (χ3v) is 4.19. The second-order valence-electron chi connectivity index (χ2n) is 5.93. The Balaban J connectivity index is 2.45. The van der Waals surface area contributed by atoms with Crippen molar-refractivity contribution in [1.82, 2.24) is 15.1 Å². The molecule has 0 aromatic carbocycles. The zero-order chi connectivity index (χ0) is 15.2. The lowest BCUT2D eigenvalue weighted by Gasteiger charge is -2.28. The van der Waals surface area contributed by atoms with Gasteiger partial charge in [0.25, 0.3) is 0 Å². The number of aliphatic hydroxyl groups is 1. The fraction of sp³-hybridized carbons (Fsp3) is 0.812. The number of nitrogens with zero attached hydrogens (tertiary/aromatic N) is 2. The maximum atomic E-state index is 9.47. The van der Waals surface area contributed by atoms with Crippen LogP contribution in [-0.2, 0) is 13.0 Å². The van der Waals surface area contributed by atoms with E-state index in [1.54, 1.807) is 0 Å². The second kappa shape index (κ2) is 7.79.